The first-order valence-corrected chi connectivity index (χ1v) is 7.78. The molecule has 1 heterocycles. The molecule has 0 saturated carbocycles. The molecule has 0 aromatic heterocycles. The maximum atomic E-state index is 5.54. The molecule has 3 heteroatoms. The van der Waals surface area contributed by atoms with Crippen molar-refractivity contribution in [1.82, 2.24) is 10.2 Å². The van der Waals surface area contributed by atoms with Gasteiger partial charge in [0.25, 0.3) is 0 Å². The molecule has 20 heavy (non-hydrogen) atoms. The van der Waals surface area contributed by atoms with Gasteiger partial charge < -0.3 is 10.1 Å². The van der Waals surface area contributed by atoms with Gasteiger partial charge in [-0.25, -0.2) is 0 Å². The molecule has 2 rings (SSSR count). The van der Waals surface area contributed by atoms with Crippen LogP contribution < -0.4 is 5.32 Å². The molecular formula is C17H28N2O. The van der Waals surface area contributed by atoms with Gasteiger partial charge in [0.2, 0.25) is 0 Å². The van der Waals surface area contributed by atoms with Crippen LogP contribution >= 0.6 is 0 Å². The summed E-state index contributed by atoms with van der Waals surface area (Å²) < 4.78 is 5.54. The number of nitrogens with one attached hydrogen (secondary N) is 1. The number of ether oxygens (including phenoxy) is 1. The van der Waals surface area contributed by atoms with E-state index >= 15 is 0 Å². The lowest BCUT2D eigenvalue weighted by atomic mass is 9.91. The van der Waals surface area contributed by atoms with Crippen LogP contribution in [0, 0.1) is 0 Å². The zero-order valence-corrected chi connectivity index (χ0v) is 13.1. The van der Waals surface area contributed by atoms with E-state index in [1.165, 1.54) is 12.0 Å². The summed E-state index contributed by atoms with van der Waals surface area (Å²) in [4.78, 5) is 2.56. The van der Waals surface area contributed by atoms with Gasteiger partial charge in [0.15, 0.2) is 0 Å². The largest absolute Gasteiger partial charge is 0.380 e. The van der Waals surface area contributed by atoms with Crippen LogP contribution in [0.1, 0.15) is 32.8 Å². The number of nitrogens with zero attached hydrogens (tertiary/aromatic N) is 1. The van der Waals surface area contributed by atoms with Crippen molar-refractivity contribution in [3.05, 3.63) is 35.9 Å². The predicted molar refractivity (Wildman–Crippen MR) is 83.9 cm³/mol. The molecule has 1 aliphatic rings. The van der Waals surface area contributed by atoms with Gasteiger partial charge in [0, 0.05) is 25.7 Å². The van der Waals surface area contributed by atoms with E-state index in [4.69, 9.17) is 4.74 Å². The van der Waals surface area contributed by atoms with Crippen molar-refractivity contribution in [3.63, 3.8) is 0 Å². The fourth-order valence-corrected chi connectivity index (χ4v) is 2.98. The van der Waals surface area contributed by atoms with Crippen molar-refractivity contribution >= 4 is 0 Å². The molecular weight excluding hydrogens is 248 g/mol. The van der Waals surface area contributed by atoms with E-state index in [1.807, 2.05) is 0 Å². The topological polar surface area (TPSA) is 24.5 Å². The number of benzene rings is 1. The molecule has 1 aromatic rings. The number of rotatable bonds is 5. The van der Waals surface area contributed by atoms with Crippen molar-refractivity contribution < 1.29 is 4.74 Å². The molecule has 1 aromatic carbocycles. The van der Waals surface area contributed by atoms with Gasteiger partial charge in [-0.15, -0.1) is 0 Å². The average Bonchev–Trinajstić information content (AvgIpc) is 2.61. The van der Waals surface area contributed by atoms with Crippen LogP contribution in [0.5, 0.6) is 0 Å². The lowest BCUT2D eigenvalue weighted by Gasteiger charge is -2.36. The maximum Gasteiger partial charge on any atom is 0.0593 e. The third-order valence-corrected chi connectivity index (χ3v) is 4.36. The standard InChI is InChI=1S/C17H28N2O/c1-4-20-13-12-19-14-17(3,18-11-10-15(19)2)16-8-6-5-7-9-16/h5-9,15,18H,4,10-14H2,1-3H3. The average molecular weight is 276 g/mol. The first-order chi connectivity index (χ1) is 9.65. The molecule has 1 aliphatic heterocycles. The summed E-state index contributed by atoms with van der Waals surface area (Å²) in [7, 11) is 0. The van der Waals surface area contributed by atoms with E-state index < -0.39 is 0 Å². The Bertz CT molecular complexity index is 395. The number of hydrogen-bond acceptors (Lipinski definition) is 3. The molecule has 3 nitrogen and oxygen atoms in total. The van der Waals surface area contributed by atoms with E-state index in [0.29, 0.717) is 6.04 Å². The highest BCUT2D eigenvalue weighted by atomic mass is 16.5. The second-order valence-electron chi connectivity index (χ2n) is 5.93. The van der Waals surface area contributed by atoms with E-state index in [1.54, 1.807) is 0 Å². The fourth-order valence-electron chi connectivity index (χ4n) is 2.98. The smallest absolute Gasteiger partial charge is 0.0593 e. The highest BCUT2D eigenvalue weighted by Crippen LogP contribution is 2.25. The quantitative estimate of drug-likeness (QED) is 0.837. The van der Waals surface area contributed by atoms with Crippen LogP contribution in [0.4, 0.5) is 0 Å². The summed E-state index contributed by atoms with van der Waals surface area (Å²) in [5.41, 5.74) is 1.40. The Morgan fingerprint density at radius 3 is 2.80 bits per heavy atom. The monoisotopic (exact) mass is 276 g/mol. The SMILES string of the molecule is CCOCCN1CC(C)(c2ccccc2)NCCC1C. The van der Waals surface area contributed by atoms with Crippen molar-refractivity contribution in [2.45, 2.75) is 38.8 Å². The van der Waals surface area contributed by atoms with Crippen LogP contribution in [0.15, 0.2) is 30.3 Å². The van der Waals surface area contributed by atoms with Gasteiger partial charge in [-0.2, -0.15) is 0 Å². The van der Waals surface area contributed by atoms with Gasteiger partial charge in [-0.1, -0.05) is 30.3 Å². The molecule has 112 valence electrons. The van der Waals surface area contributed by atoms with Crippen LogP contribution in [0.25, 0.3) is 0 Å². The van der Waals surface area contributed by atoms with Crippen LogP contribution in [-0.2, 0) is 10.3 Å². The normalized spacial score (nSPS) is 28.2. The van der Waals surface area contributed by atoms with E-state index in [9.17, 15) is 0 Å². The maximum absolute atomic E-state index is 5.54. The van der Waals surface area contributed by atoms with E-state index in [0.717, 1.165) is 32.8 Å². The Kier molecular flexibility index (Phi) is 5.58. The molecule has 0 radical (unpaired) electrons. The molecule has 1 fully saturated rings. The van der Waals surface area contributed by atoms with Crippen LogP contribution in [0.2, 0.25) is 0 Å². The summed E-state index contributed by atoms with van der Waals surface area (Å²) in [6, 6.07) is 11.4. The lowest BCUT2D eigenvalue weighted by molar-refractivity contribution is 0.0883. The zero-order chi connectivity index (χ0) is 14.4. The predicted octanol–water partition coefficient (Wildman–Crippen LogP) is 2.62. The van der Waals surface area contributed by atoms with Crippen molar-refractivity contribution in [2.24, 2.45) is 0 Å². The molecule has 2 unspecified atom stereocenters. The third kappa shape index (κ3) is 3.81. The molecule has 1 N–H and O–H groups in total. The first kappa shape index (κ1) is 15.5. The minimum Gasteiger partial charge on any atom is -0.380 e. The Labute approximate surface area is 123 Å². The second kappa shape index (κ2) is 7.21. The van der Waals surface area contributed by atoms with Gasteiger partial charge in [-0.3, -0.25) is 4.90 Å². The van der Waals surface area contributed by atoms with Crippen molar-refractivity contribution in [1.29, 1.82) is 0 Å². The number of hydrogen-bond donors (Lipinski definition) is 1. The first-order valence-electron chi connectivity index (χ1n) is 7.78. The molecule has 2 atom stereocenters. The summed E-state index contributed by atoms with van der Waals surface area (Å²) in [5, 5.41) is 3.74. The van der Waals surface area contributed by atoms with E-state index in [-0.39, 0.29) is 5.54 Å². The van der Waals surface area contributed by atoms with E-state index in [2.05, 4.69) is 61.3 Å². The highest BCUT2D eigenvalue weighted by molar-refractivity contribution is 5.24. The van der Waals surface area contributed by atoms with Gasteiger partial charge in [-0.05, 0) is 39.3 Å². The molecule has 0 spiro atoms. The Hall–Kier alpha value is -0.900. The van der Waals surface area contributed by atoms with Gasteiger partial charge >= 0.3 is 0 Å². The second-order valence-corrected chi connectivity index (χ2v) is 5.93. The van der Waals surface area contributed by atoms with Gasteiger partial charge in [0.05, 0.1) is 12.1 Å². The Morgan fingerprint density at radius 1 is 1.35 bits per heavy atom. The lowest BCUT2D eigenvalue weighted by Crippen LogP contribution is -2.48. The molecule has 1 saturated heterocycles. The van der Waals surface area contributed by atoms with Crippen molar-refractivity contribution in [2.75, 3.05) is 32.8 Å². The highest BCUT2D eigenvalue weighted by Gasteiger charge is 2.32. The zero-order valence-electron chi connectivity index (χ0n) is 13.1. The minimum absolute atomic E-state index is 0.0260. The van der Waals surface area contributed by atoms with Gasteiger partial charge in [0.1, 0.15) is 0 Å². The Balaban J connectivity index is 2.10. The third-order valence-electron chi connectivity index (χ3n) is 4.36. The molecule has 0 bridgehead atoms. The van der Waals surface area contributed by atoms with Crippen LogP contribution in [0.3, 0.4) is 0 Å². The summed E-state index contributed by atoms with van der Waals surface area (Å²) in [6.07, 6.45) is 1.19. The fraction of sp³-hybridized carbons (Fsp3) is 0.647. The minimum atomic E-state index is 0.0260. The summed E-state index contributed by atoms with van der Waals surface area (Å²) in [5.74, 6) is 0. The van der Waals surface area contributed by atoms with Crippen molar-refractivity contribution in [3.8, 4) is 0 Å². The molecule has 0 amide bonds. The summed E-state index contributed by atoms with van der Waals surface area (Å²) >= 11 is 0. The summed E-state index contributed by atoms with van der Waals surface area (Å²) in [6.45, 7) is 11.4. The Morgan fingerprint density at radius 2 is 2.10 bits per heavy atom. The van der Waals surface area contributed by atoms with Crippen LogP contribution in [-0.4, -0.2) is 43.8 Å². The molecule has 0 aliphatic carbocycles.